The van der Waals surface area contributed by atoms with E-state index in [2.05, 4.69) is 0 Å². The van der Waals surface area contributed by atoms with Crippen molar-refractivity contribution in [3.63, 3.8) is 0 Å². The molecule has 0 aromatic heterocycles. The van der Waals surface area contributed by atoms with Crippen molar-refractivity contribution in [3.8, 4) is 0 Å². The second kappa shape index (κ2) is 15.8. The van der Waals surface area contributed by atoms with Crippen molar-refractivity contribution >= 4 is 5.97 Å². The molecule has 45 heavy (non-hydrogen) atoms. The highest BCUT2D eigenvalue weighted by molar-refractivity contribution is 5.85. The molecule has 1 saturated heterocycles. The summed E-state index contributed by atoms with van der Waals surface area (Å²) in [5.41, 5.74) is 4.84. The van der Waals surface area contributed by atoms with Gasteiger partial charge in [-0.05, 0) is 22.3 Å². The fraction of sp³-hybridized carbons (Fsp3) is 0.289. The van der Waals surface area contributed by atoms with Crippen LogP contribution >= 0.6 is 0 Å². The lowest BCUT2D eigenvalue weighted by Crippen LogP contribution is -2.61. The van der Waals surface area contributed by atoms with Gasteiger partial charge in [-0.25, -0.2) is 4.79 Å². The molecule has 0 bridgehead atoms. The third kappa shape index (κ3) is 8.54. The lowest BCUT2D eigenvalue weighted by Gasteiger charge is -2.46. The van der Waals surface area contributed by atoms with Crippen LogP contribution < -0.4 is 0 Å². The van der Waals surface area contributed by atoms with Gasteiger partial charge in [0.25, 0.3) is 0 Å². The van der Waals surface area contributed by atoms with Crippen LogP contribution in [0.3, 0.4) is 0 Å². The average molecular weight is 607 g/mol. The maximum atomic E-state index is 12.2. The Morgan fingerprint density at radius 2 is 1.00 bits per heavy atom. The van der Waals surface area contributed by atoms with Gasteiger partial charge in [-0.3, -0.25) is 0 Å². The fourth-order valence-electron chi connectivity index (χ4n) is 5.64. The van der Waals surface area contributed by atoms with E-state index in [0.29, 0.717) is 32.0 Å². The van der Waals surface area contributed by atoms with E-state index in [9.17, 15) is 4.79 Å². The number of ether oxygens (including phenoxy) is 6. The first-order valence-corrected chi connectivity index (χ1v) is 15.3. The summed E-state index contributed by atoms with van der Waals surface area (Å²) >= 11 is 0. The highest BCUT2D eigenvalue weighted by Crippen LogP contribution is 2.35. The molecule has 2 aliphatic rings. The normalized spacial score (nSPS) is 23.0. The molecular weight excluding hydrogens is 568 g/mol. The summed E-state index contributed by atoms with van der Waals surface area (Å²) in [7, 11) is 0. The monoisotopic (exact) mass is 606 g/mol. The Hall–Kier alpha value is -4.11. The van der Waals surface area contributed by atoms with Crippen molar-refractivity contribution in [1.29, 1.82) is 0 Å². The first-order chi connectivity index (χ1) is 22.2. The molecular formula is C38H38O7. The van der Waals surface area contributed by atoms with E-state index < -0.39 is 36.5 Å². The van der Waals surface area contributed by atoms with Crippen LogP contribution in [0.4, 0.5) is 0 Å². The van der Waals surface area contributed by atoms with Gasteiger partial charge in [0.1, 0.15) is 37.1 Å². The van der Waals surface area contributed by atoms with Gasteiger partial charge in [0.05, 0.1) is 33.0 Å². The van der Waals surface area contributed by atoms with Crippen molar-refractivity contribution in [2.45, 2.75) is 56.9 Å². The van der Waals surface area contributed by atoms with Crippen molar-refractivity contribution < 1.29 is 33.2 Å². The minimum Gasteiger partial charge on any atom is -0.458 e. The first-order valence-electron chi connectivity index (χ1n) is 15.3. The minimum atomic E-state index is -0.608. The largest absolute Gasteiger partial charge is 0.458 e. The minimum absolute atomic E-state index is 0.132. The van der Waals surface area contributed by atoms with Gasteiger partial charge < -0.3 is 28.4 Å². The second-order valence-corrected chi connectivity index (χ2v) is 11.2. The van der Waals surface area contributed by atoms with Gasteiger partial charge in [-0.1, -0.05) is 121 Å². The Bertz CT molecular complexity index is 1490. The molecule has 4 aromatic carbocycles. The number of carbonyl (C=O) groups is 1. The molecule has 7 nitrogen and oxygen atoms in total. The van der Waals surface area contributed by atoms with Crippen molar-refractivity contribution in [3.05, 3.63) is 155 Å². The van der Waals surface area contributed by atoms with Crippen LogP contribution in [0.25, 0.3) is 0 Å². The van der Waals surface area contributed by atoms with Crippen LogP contribution in [0.1, 0.15) is 22.3 Å². The molecule has 0 radical (unpaired) electrons. The van der Waals surface area contributed by atoms with E-state index in [-0.39, 0.29) is 13.2 Å². The van der Waals surface area contributed by atoms with E-state index in [1.807, 2.05) is 121 Å². The molecule has 6 rings (SSSR count). The van der Waals surface area contributed by atoms with Crippen molar-refractivity contribution in [2.24, 2.45) is 0 Å². The van der Waals surface area contributed by atoms with Gasteiger partial charge >= 0.3 is 5.97 Å². The molecule has 0 unspecified atom stereocenters. The smallest absolute Gasteiger partial charge is 0.331 e. The number of esters is 1. The summed E-state index contributed by atoms with van der Waals surface area (Å²) < 4.78 is 38.4. The third-order valence-corrected chi connectivity index (χ3v) is 7.93. The quantitative estimate of drug-likeness (QED) is 0.158. The van der Waals surface area contributed by atoms with Gasteiger partial charge in [0.2, 0.25) is 0 Å². The molecule has 0 saturated carbocycles. The molecule has 2 heterocycles. The number of cyclic esters (lactones) is 1. The SMILES string of the molecule is O=C1C=C([C@H]2O[C@H](COCc3ccccc3)[C@@H](OCc3ccccc3)[C@H](OCc3ccccc3)[C@H]2OCc2ccccc2)CO1. The Morgan fingerprint density at radius 3 is 1.47 bits per heavy atom. The summed E-state index contributed by atoms with van der Waals surface area (Å²) in [6.45, 7) is 1.84. The highest BCUT2D eigenvalue weighted by atomic mass is 16.6. The molecule has 2 aliphatic heterocycles. The zero-order chi connectivity index (χ0) is 30.7. The number of hydrogen-bond acceptors (Lipinski definition) is 7. The van der Waals surface area contributed by atoms with Crippen molar-refractivity contribution in [2.75, 3.05) is 13.2 Å². The molecule has 5 atom stereocenters. The maximum Gasteiger partial charge on any atom is 0.331 e. The molecule has 1 fully saturated rings. The van der Waals surface area contributed by atoms with Crippen LogP contribution in [0.2, 0.25) is 0 Å². The maximum absolute atomic E-state index is 12.2. The molecule has 232 valence electrons. The number of benzene rings is 4. The summed E-state index contributed by atoms with van der Waals surface area (Å²) in [4.78, 5) is 12.2. The van der Waals surface area contributed by atoms with E-state index in [1.165, 1.54) is 6.08 Å². The zero-order valence-electron chi connectivity index (χ0n) is 25.1. The summed E-state index contributed by atoms with van der Waals surface area (Å²) in [6.07, 6.45) is -1.32. The van der Waals surface area contributed by atoms with E-state index in [0.717, 1.165) is 22.3 Å². The predicted octanol–water partition coefficient (Wildman–Crippen LogP) is 6.21. The number of rotatable bonds is 14. The predicted molar refractivity (Wildman–Crippen MR) is 169 cm³/mol. The Morgan fingerprint density at radius 1 is 0.556 bits per heavy atom. The fourth-order valence-corrected chi connectivity index (χ4v) is 5.64. The summed E-state index contributed by atoms with van der Waals surface area (Å²) in [6, 6.07) is 40.0. The van der Waals surface area contributed by atoms with Gasteiger partial charge in [0, 0.05) is 11.6 Å². The molecule has 0 amide bonds. The number of hydrogen-bond donors (Lipinski definition) is 0. The lowest BCUT2D eigenvalue weighted by atomic mass is 9.90. The third-order valence-electron chi connectivity index (χ3n) is 7.93. The number of carbonyl (C=O) groups excluding carboxylic acids is 1. The summed E-state index contributed by atoms with van der Waals surface area (Å²) in [5, 5.41) is 0. The van der Waals surface area contributed by atoms with Crippen LogP contribution in [0.15, 0.2) is 133 Å². The molecule has 0 N–H and O–H groups in total. The van der Waals surface area contributed by atoms with E-state index in [1.54, 1.807) is 0 Å². The van der Waals surface area contributed by atoms with E-state index in [4.69, 9.17) is 28.4 Å². The van der Waals surface area contributed by atoms with Crippen LogP contribution in [-0.4, -0.2) is 49.7 Å². The van der Waals surface area contributed by atoms with E-state index >= 15 is 0 Å². The second-order valence-electron chi connectivity index (χ2n) is 11.2. The van der Waals surface area contributed by atoms with Gasteiger partial charge in [-0.2, -0.15) is 0 Å². The molecule has 4 aromatic rings. The standard InChI is InChI=1S/C38H38O7/c39-34-21-32(26-41-34)35-37(43-24-30-17-9-3-10-18-30)38(44-25-31-19-11-4-12-20-31)36(42-23-29-15-7-2-8-16-29)33(45-35)27-40-22-28-13-5-1-6-14-28/h1-21,33,35-38H,22-27H2/t33-,35-,36-,37+,38+/m1/s1. The average Bonchev–Trinajstić information content (AvgIpc) is 3.53. The Kier molecular flexibility index (Phi) is 10.8. The van der Waals surface area contributed by atoms with Crippen molar-refractivity contribution in [1.82, 2.24) is 0 Å². The zero-order valence-corrected chi connectivity index (χ0v) is 25.1. The Balaban J connectivity index is 1.31. The molecule has 0 aliphatic carbocycles. The highest BCUT2D eigenvalue weighted by Gasteiger charge is 2.50. The molecule has 7 heteroatoms. The topological polar surface area (TPSA) is 72.5 Å². The lowest BCUT2D eigenvalue weighted by molar-refractivity contribution is -0.265. The van der Waals surface area contributed by atoms with Gasteiger partial charge in [-0.15, -0.1) is 0 Å². The summed E-state index contributed by atoms with van der Waals surface area (Å²) in [5.74, 6) is -0.392. The van der Waals surface area contributed by atoms with Gasteiger partial charge in [0.15, 0.2) is 0 Å². The van der Waals surface area contributed by atoms with Crippen LogP contribution in [0.5, 0.6) is 0 Å². The first kappa shape index (κ1) is 30.9. The molecule has 0 spiro atoms. The van der Waals surface area contributed by atoms with Crippen LogP contribution in [0, 0.1) is 0 Å². The van der Waals surface area contributed by atoms with Crippen LogP contribution in [-0.2, 0) is 59.6 Å². The Labute approximate surface area is 264 Å².